The van der Waals surface area contributed by atoms with Crippen LogP contribution >= 0.6 is 11.8 Å². The molecule has 1 N–H and O–H groups in total. The summed E-state index contributed by atoms with van der Waals surface area (Å²) < 4.78 is 38.4. The summed E-state index contributed by atoms with van der Waals surface area (Å²) >= 11 is 1.19. The molecule has 0 saturated carbocycles. The Balaban J connectivity index is 2.45. The Morgan fingerprint density at radius 1 is 1.30 bits per heavy atom. The molecular weight excluding hydrogens is 375 g/mol. The van der Waals surface area contributed by atoms with Gasteiger partial charge in [0.25, 0.3) is 0 Å². The molecule has 1 atom stereocenters. The van der Waals surface area contributed by atoms with Crippen LogP contribution in [0.2, 0.25) is 0 Å². The predicted molar refractivity (Wildman–Crippen MR) is 103 cm³/mol. The van der Waals surface area contributed by atoms with Gasteiger partial charge in [-0.1, -0.05) is 24.8 Å². The van der Waals surface area contributed by atoms with Gasteiger partial charge in [0, 0.05) is 16.5 Å². The van der Waals surface area contributed by atoms with Gasteiger partial charge in [0.1, 0.15) is 5.25 Å². The van der Waals surface area contributed by atoms with E-state index in [1.807, 2.05) is 0 Å². The molecule has 0 amide bonds. The van der Waals surface area contributed by atoms with Gasteiger partial charge in [-0.3, -0.25) is 9.78 Å². The number of carboxylic acids is 1. The molecule has 0 spiro atoms. The van der Waals surface area contributed by atoms with Gasteiger partial charge in [0.15, 0.2) is 0 Å². The highest BCUT2D eigenvalue weighted by Crippen LogP contribution is 2.32. The molecule has 142 valence electrons. The van der Waals surface area contributed by atoms with Crippen LogP contribution < -0.4 is 0 Å². The number of hydrogen-bond acceptors (Lipinski definition) is 3. The fraction of sp³-hybridized carbons (Fsp3) is 0.200. The molecule has 0 aliphatic carbocycles. The number of allylic oxidation sites excluding steroid dienone is 5. The van der Waals surface area contributed by atoms with Crippen molar-refractivity contribution in [2.75, 3.05) is 0 Å². The minimum atomic E-state index is -4.46. The summed E-state index contributed by atoms with van der Waals surface area (Å²) in [5, 5.41) is 9.23. The van der Waals surface area contributed by atoms with Crippen LogP contribution in [-0.2, 0) is 4.79 Å². The number of aliphatic carboxylic acids is 1. The Labute approximate surface area is 159 Å². The van der Waals surface area contributed by atoms with Crippen LogP contribution in [0.25, 0.3) is 16.5 Å². The fourth-order valence-corrected chi connectivity index (χ4v) is 3.21. The van der Waals surface area contributed by atoms with E-state index < -0.39 is 23.0 Å². The van der Waals surface area contributed by atoms with Gasteiger partial charge in [-0.2, -0.15) is 13.2 Å². The van der Waals surface area contributed by atoms with Crippen molar-refractivity contribution in [1.82, 2.24) is 4.98 Å². The molecule has 0 aliphatic heterocycles. The highest BCUT2D eigenvalue weighted by Gasteiger charge is 2.30. The summed E-state index contributed by atoms with van der Waals surface area (Å²) in [7, 11) is 0. The normalized spacial score (nSPS) is 14.3. The number of hydrogen-bond donors (Lipinski definition) is 1. The molecule has 2 rings (SSSR count). The Kier molecular flexibility index (Phi) is 6.49. The van der Waals surface area contributed by atoms with E-state index in [-0.39, 0.29) is 0 Å². The topological polar surface area (TPSA) is 50.2 Å². The number of nitrogens with zero attached hydrogens (tertiary/aromatic N) is 1. The smallest absolute Gasteiger partial charge is 0.416 e. The van der Waals surface area contributed by atoms with Crippen molar-refractivity contribution in [3.63, 3.8) is 0 Å². The first-order chi connectivity index (χ1) is 12.6. The predicted octanol–water partition coefficient (Wildman–Crippen LogP) is 5.88. The first kappa shape index (κ1) is 20.8. The van der Waals surface area contributed by atoms with Gasteiger partial charge >= 0.3 is 12.1 Å². The van der Waals surface area contributed by atoms with Crippen LogP contribution in [0.3, 0.4) is 0 Å². The van der Waals surface area contributed by atoms with Gasteiger partial charge in [-0.25, -0.2) is 0 Å². The van der Waals surface area contributed by atoms with Crippen molar-refractivity contribution in [2.24, 2.45) is 0 Å². The zero-order valence-corrected chi connectivity index (χ0v) is 15.6. The minimum Gasteiger partial charge on any atom is -0.480 e. The maximum atomic E-state index is 12.8. The molecule has 0 bridgehead atoms. The van der Waals surface area contributed by atoms with E-state index in [4.69, 9.17) is 5.11 Å². The molecular formula is C20H18F3NO2S. The van der Waals surface area contributed by atoms with E-state index in [0.29, 0.717) is 11.1 Å². The SMILES string of the molecule is C=C/C(=C\C=C(/C)c1ccc2nccc(SC(C)C(=O)O)c2c1)C(F)(F)F. The van der Waals surface area contributed by atoms with Gasteiger partial charge in [0.2, 0.25) is 0 Å². The second kappa shape index (κ2) is 8.43. The summed E-state index contributed by atoms with van der Waals surface area (Å²) in [6.07, 6.45) is 0.287. The van der Waals surface area contributed by atoms with E-state index >= 15 is 0 Å². The number of benzene rings is 1. The molecule has 0 radical (unpaired) electrons. The summed E-state index contributed by atoms with van der Waals surface area (Å²) in [6, 6.07) is 7.07. The summed E-state index contributed by atoms with van der Waals surface area (Å²) in [5.41, 5.74) is 1.22. The lowest BCUT2D eigenvalue weighted by Crippen LogP contribution is -2.11. The Morgan fingerprint density at radius 2 is 2.00 bits per heavy atom. The third-order valence-electron chi connectivity index (χ3n) is 3.87. The maximum absolute atomic E-state index is 12.8. The second-order valence-corrected chi connectivity index (χ2v) is 7.20. The molecule has 1 unspecified atom stereocenters. The number of carboxylic acid groups (broad SMARTS) is 1. The quantitative estimate of drug-likeness (QED) is 0.492. The van der Waals surface area contributed by atoms with Crippen LogP contribution in [0.5, 0.6) is 0 Å². The summed E-state index contributed by atoms with van der Waals surface area (Å²) in [4.78, 5) is 16.1. The van der Waals surface area contributed by atoms with Crippen molar-refractivity contribution < 1.29 is 23.1 Å². The number of thioether (sulfide) groups is 1. The maximum Gasteiger partial charge on any atom is 0.416 e. The van der Waals surface area contributed by atoms with E-state index in [1.54, 1.807) is 44.3 Å². The van der Waals surface area contributed by atoms with Crippen molar-refractivity contribution >= 4 is 34.2 Å². The molecule has 0 fully saturated rings. The molecule has 2 aromatic rings. The average Bonchev–Trinajstić information content (AvgIpc) is 2.60. The van der Waals surface area contributed by atoms with Gasteiger partial charge < -0.3 is 5.11 Å². The van der Waals surface area contributed by atoms with E-state index in [2.05, 4.69) is 11.6 Å². The third kappa shape index (κ3) is 5.23. The van der Waals surface area contributed by atoms with Crippen LogP contribution in [0, 0.1) is 0 Å². The zero-order chi connectivity index (χ0) is 20.2. The Morgan fingerprint density at radius 3 is 2.59 bits per heavy atom. The molecule has 1 heterocycles. The molecule has 1 aromatic carbocycles. The molecule has 1 aromatic heterocycles. The Hall–Kier alpha value is -2.54. The lowest BCUT2D eigenvalue weighted by Gasteiger charge is -2.11. The minimum absolute atomic E-state index is 0.631. The number of fused-ring (bicyclic) bond motifs is 1. The standard InChI is InChI=1S/C20H18F3NO2S/c1-4-15(20(21,22)23)7-5-12(2)14-6-8-17-16(11-14)18(9-10-24-17)27-13(3)19(25)26/h4-11,13H,1H2,2-3H3,(H,25,26)/b12-5+,15-7+. The fourth-order valence-electron chi connectivity index (χ4n) is 2.30. The van der Waals surface area contributed by atoms with Crippen LogP contribution in [-0.4, -0.2) is 27.5 Å². The van der Waals surface area contributed by atoms with Crippen LogP contribution in [0.1, 0.15) is 19.4 Å². The van der Waals surface area contributed by atoms with Crippen LogP contribution in [0.4, 0.5) is 13.2 Å². The van der Waals surface area contributed by atoms with E-state index in [9.17, 15) is 18.0 Å². The number of aromatic nitrogens is 1. The molecule has 7 heteroatoms. The summed E-state index contributed by atoms with van der Waals surface area (Å²) in [5.74, 6) is -0.925. The Bertz CT molecular complexity index is 932. The first-order valence-corrected chi connectivity index (χ1v) is 8.88. The zero-order valence-electron chi connectivity index (χ0n) is 14.7. The number of carbonyl (C=O) groups is 1. The van der Waals surface area contributed by atoms with E-state index in [0.717, 1.165) is 28.0 Å². The lowest BCUT2D eigenvalue weighted by atomic mass is 10.0. The van der Waals surface area contributed by atoms with E-state index in [1.165, 1.54) is 17.8 Å². The average molecular weight is 393 g/mol. The van der Waals surface area contributed by atoms with Crippen molar-refractivity contribution in [1.29, 1.82) is 0 Å². The number of rotatable bonds is 6. The second-order valence-electron chi connectivity index (χ2n) is 5.81. The molecule has 27 heavy (non-hydrogen) atoms. The van der Waals surface area contributed by atoms with Gasteiger partial charge in [0.05, 0.1) is 11.1 Å². The highest BCUT2D eigenvalue weighted by molar-refractivity contribution is 8.00. The van der Waals surface area contributed by atoms with Crippen LogP contribution in [0.15, 0.2) is 65.7 Å². The van der Waals surface area contributed by atoms with Gasteiger partial charge in [-0.05, 0) is 49.3 Å². The molecule has 0 aliphatic rings. The highest BCUT2D eigenvalue weighted by atomic mass is 32.2. The summed E-state index contributed by atoms with van der Waals surface area (Å²) in [6.45, 7) is 6.49. The largest absolute Gasteiger partial charge is 0.480 e. The van der Waals surface area contributed by atoms with Crippen molar-refractivity contribution in [3.8, 4) is 0 Å². The first-order valence-electron chi connectivity index (χ1n) is 8.00. The monoisotopic (exact) mass is 393 g/mol. The third-order valence-corrected chi connectivity index (χ3v) is 5.03. The number of halogens is 3. The van der Waals surface area contributed by atoms with Crippen molar-refractivity contribution in [2.45, 2.75) is 30.2 Å². The van der Waals surface area contributed by atoms with Gasteiger partial charge in [-0.15, -0.1) is 11.8 Å². The lowest BCUT2D eigenvalue weighted by molar-refractivity contribution is -0.136. The molecule has 3 nitrogen and oxygen atoms in total. The van der Waals surface area contributed by atoms with Crippen molar-refractivity contribution in [3.05, 3.63) is 66.4 Å². The number of alkyl halides is 3. The number of pyridine rings is 1. The molecule has 0 saturated heterocycles.